The Hall–Kier alpha value is -2.25. The second-order valence-electron chi connectivity index (χ2n) is 5.00. The van der Waals surface area contributed by atoms with Crippen molar-refractivity contribution in [3.63, 3.8) is 0 Å². The van der Waals surface area contributed by atoms with Crippen LogP contribution < -0.4 is 0 Å². The molecule has 3 rings (SSSR count). The average molecular weight is 348 g/mol. The Kier molecular flexibility index (Phi) is 4.68. The Labute approximate surface area is 142 Å². The molecule has 1 amide bonds. The molecule has 0 saturated carbocycles. The zero-order chi connectivity index (χ0) is 16.2. The molecule has 2 aromatic heterocycles. The predicted molar refractivity (Wildman–Crippen MR) is 89.1 cm³/mol. The Morgan fingerprint density at radius 1 is 1.35 bits per heavy atom. The Morgan fingerprint density at radius 2 is 2.17 bits per heavy atom. The fourth-order valence-corrected chi connectivity index (χ4v) is 2.93. The second kappa shape index (κ2) is 6.89. The van der Waals surface area contributed by atoms with Crippen molar-refractivity contribution < 1.29 is 4.79 Å². The van der Waals surface area contributed by atoms with Crippen molar-refractivity contribution in [3.8, 4) is 11.4 Å². The number of rotatable bonds is 5. The van der Waals surface area contributed by atoms with E-state index in [-0.39, 0.29) is 12.5 Å². The number of aromatic nitrogens is 4. The van der Waals surface area contributed by atoms with Gasteiger partial charge in [0.15, 0.2) is 0 Å². The lowest BCUT2D eigenvalue weighted by atomic mass is 10.2. The fraction of sp³-hybridized carbons (Fsp3) is 0.200. The molecular weight excluding hydrogens is 334 g/mol. The number of likely N-dealkylation sites (N-methyl/N-ethyl adjacent to an activating group) is 1. The molecule has 23 heavy (non-hydrogen) atoms. The zero-order valence-corrected chi connectivity index (χ0v) is 14.0. The molecule has 0 aliphatic heterocycles. The summed E-state index contributed by atoms with van der Waals surface area (Å²) in [5.41, 5.74) is 1.80. The van der Waals surface area contributed by atoms with Crippen molar-refractivity contribution in [1.82, 2.24) is 25.1 Å². The van der Waals surface area contributed by atoms with Crippen LogP contribution in [0, 0.1) is 0 Å². The topological polar surface area (TPSA) is 63.9 Å². The summed E-state index contributed by atoms with van der Waals surface area (Å²) in [5, 5.41) is 16.7. The molecule has 118 valence electrons. The van der Waals surface area contributed by atoms with E-state index in [4.69, 9.17) is 11.6 Å². The van der Waals surface area contributed by atoms with Crippen LogP contribution in [0.15, 0.2) is 41.1 Å². The van der Waals surface area contributed by atoms with Crippen molar-refractivity contribution >= 4 is 28.8 Å². The summed E-state index contributed by atoms with van der Waals surface area (Å²) in [5.74, 6) is 0.322. The molecule has 2 heterocycles. The van der Waals surface area contributed by atoms with Crippen LogP contribution in [0.4, 0.5) is 0 Å². The van der Waals surface area contributed by atoms with Crippen molar-refractivity contribution in [2.75, 3.05) is 7.05 Å². The molecule has 0 fully saturated rings. The van der Waals surface area contributed by atoms with Crippen LogP contribution in [0.1, 0.15) is 5.56 Å². The van der Waals surface area contributed by atoms with Crippen LogP contribution in [0.2, 0.25) is 5.02 Å². The van der Waals surface area contributed by atoms with Gasteiger partial charge in [0.1, 0.15) is 6.54 Å². The van der Waals surface area contributed by atoms with Gasteiger partial charge >= 0.3 is 0 Å². The zero-order valence-electron chi connectivity index (χ0n) is 12.4. The monoisotopic (exact) mass is 347 g/mol. The molecule has 0 aliphatic rings. The van der Waals surface area contributed by atoms with Gasteiger partial charge in [0, 0.05) is 19.2 Å². The molecule has 0 atom stereocenters. The molecule has 3 aromatic rings. The van der Waals surface area contributed by atoms with Gasteiger partial charge in [0.05, 0.1) is 5.02 Å². The summed E-state index contributed by atoms with van der Waals surface area (Å²) in [4.78, 5) is 15.1. The van der Waals surface area contributed by atoms with Crippen LogP contribution in [0.25, 0.3) is 11.4 Å². The van der Waals surface area contributed by atoms with Gasteiger partial charge in [-0.15, -0.1) is 10.2 Å². The van der Waals surface area contributed by atoms with E-state index in [1.54, 1.807) is 29.4 Å². The minimum absolute atomic E-state index is 0.0398. The largest absolute Gasteiger partial charge is 0.340 e. The first kappa shape index (κ1) is 15.6. The molecule has 8 heteroatoms. The first-order valence-corrected chi connectivity index (χ1v) is 8.23. The van der Waals surface area contributed by atoms with E-state index in [1.165, 1.54) is 4.80 Å². The Morgan fingerprint density at radius 3 is 2.91 bits per heavy atom. The van der Waals surface area contributed by atoms with E-state index in [0.717, 1.165) is 5.56 Å². The lowest BCUT2D eigenvalue weighted by Crippen LogP contribution is -2.30. The van der Waals surface area contributed by atoms with E-state index in [1.807, 2.05) is 35.0 Å². The number of amides is 1. The summed E-state index contributed by atoms with van der Waals surface area (Å²) in [6.45, 7) is 0.604. The average Bonchev–Trinajstić information content (AvgIpc) is 3.19. The molecule has 1 aromatic carbocycles. The molecule has 0 aliphatic carbocycles. The fourth-order valence-electron chi connectivity index (χ4n) is 2.05. The number of nitrogens with zero attached hydrogens (tertiary/aromatic N) is 5. The normalized spacial score (nSPS) is 10.7. The standard InChI is InChI=1S/C15H14ClN5OS/c1-20(8-11-6-7-23-10-11)14(22)9-21-18-15(17-19-21)12-4-2-3-5-13(12)16/h2-7,10H,8-9H2,1H3. The Balaban J connectivity index is 1.67. The quantitative estimate of drug-likeness (QED) is 0.712. The highest BCUT2D eigenvalue weighted by atomic mass is 35.5. The third-order valence-corrected chi connectivity index (χ3v) is 4.33. The minimum Gasteiger partial charge on any atom is -0.340 e. The van der Waals surface area contributed by atoms with Crippen molar-refractivity contribution in [2.24, 2.45) is 0 Å². The SMILES string of the molecule is CN(Cc1ccsc1)C(=O)Cn1nnc(-c2ccccc2Cl)n1. The van der Waals surface area contributed by atoms with Gasteiger partial charge in [-0.3, -0.25) is 4.79 Å². The van der Waals surface area contributed by atoms with Crippen molar-refractivity contribution in [2.45, 2.75) is 13.1 Å². The van der Waals surface area contributed by atoms with Crippen LogP contribution in [0.3, 0.4) is 0 Å². The lowest BCUT2D eigenvalue weighted by Gasteiger charge is -2.15. The smallest absolute Gasteiger partial charge is 0.246 e. The van der Waals surface area contributed by atoms with Crippen LogP contribution in [0.5, 0.6) is 0 Å². The molecule has 0 radical (unpaired) electrons. The van der Waals surface area contributed by atoms with Gasteiger partial charge in [-0.2, -0.15) is 16.1 Å². The summed E-state index contributed by atoms with van der Waals surface area (Å²) in [6.07, 6.45) is 0. The molecule has 0 N–H and O–H groups in total. The van der Waals surface area contributed by atoms with Gasteiger partial charge in [0.2, 0.25) is 11.7 Å². The van der Waals surface area contributed by atoms with E-state index >= 15 is 0 Å². The maximum Gasteiger partial charge on any atom is 0.246 e. The predicted octanol–water partition coefficient (Wildman–Crippen LogP) is 2.71. The van der Waals surface area contributed by atoms with Crippen LogP contribution >= 0.6 is 22.9 Å². The van der Waals surface area contributed by atoms with Gasteiger partial charge < -0.3 is 4.90 Å². The number of halogens is 1. The van der Waals surface area contributed by atoms with Crippen molar-refractivity contribution in [3.05, 3.63) is 51.7 Å². The maximum atomic E-state index is 12.2. The molecule has 0 bridgehead atoms. The number of thiophene rings is 1. The molecule has 0 spiro atoms. The third-order valence-electron chi connectivity index (χ3n) is 3.27. The van der Waals surface area contributed by atoms with E-state index in [9.17, 15) is 4.79 Å². The number of carbonyl (C=O) groups is 1. The van der Waals surface area contributed by atoms with Crippen LogP contribution in [-0.4, -0.2) is 38.1 Å². The maximum absolute atomic E-state index is 12.2. The highest BCUT2D eigenvalue weighted by molar-refractivity contribution is 7.07. The van der Waals surface area contributed by atoms with E-state index < -0.39 is 0 Å². The van der Waals surface area contributed by atoms with Gasteiger partial charge in [-0.25, -0.2) is 0 Å². The summed E-state index contributed by atoms with van der Waals surface area (Å²) in [6, 6.07) is 9.25. The van der Waals surface area contributed by atoms with Crippen LogP contribution in [-0.2, 0) is 17.9 Å². The lowest BCUT2D eigenvalue weighted by molar-refractivity contribution is -0.131. The second-order valence-corrected chi connectivity index (χ2v) is 6.19. The number of carbonyl (C=O) groups excluding carboxylic acids is 1. The minimum atomic E-state index is -0.0840. The number of hydrogen-bond acceptors (Lipinski definition) is 5. The first-order chi connectivity index (χ1) is 11.1. The highest BCUT2D eigenvalue weighted by Gasteiger charge is 2.14. The van der Waals surface area contributed by atoms with E-state index in [2.05, 4.69) is 15.4 Å². The first-order valence-electron chi connectivity index (χ1n) is 6.91. The molecule has 0 saturated heterocycles. The number of tetrazole rings is 1. The highest BCUT2D eigenvalue weighted by Crippen LogP contribution is 2.23. The molecule has 6 nitrogen and oxygen atoms in total. The molecule has 0 unspecified atom stereocenters. The summed E-state index contributed by atoms with van der Waals surface area (Å²) < 4.78 is 0. The van der Waals surface area contributed by atoms with Gasteiger partial charge in [-0.1, -0.05) is 23.7 Å². The molecular formula is C15H14ClN5OS. The van der Waals surface area contributed by atoms with Crippen molar-refractivity contribution in [1.29, 1.82) is 0 Å². The summed E-state index contributed by atoms with van der Waals surface area (Å²) in [7, 11) is 1.76. The van der Waals surface area contributed by atoms with Gasteiger partial charge in [-0.05, 0) is 39.7 Å². The third kappa shape index (κ3) is 3.75. The number of benzene rings is 1. The summed E-state index contributed by atoms with van der Waals surface area (Å²) >= 11 is 7.72. The van der Waals surface area contributed by atoms with Gasteiger partial charge in [0.25, 0.3) is 0 Å². The van der Waals surface area contributed by atoms with E-state index in [0.29, 0.717) is 23.0 Å². The number of hydrogen-bond donors (Lipinski definition) is 0. The Bertz CT molecular complexity index is 802.